The van der Waals surface area contributed by atoms with Crippen molar-refractivity contribution in [3.63, 3.8) is 0 Å². The summed E-state index contributed by atoms with van der Waals surface area (Å²) in [5, 5.41) is 7.69. The molecule has 1 aromatic heterocycles. The maximum Gasteiger partial charge on any atom is 0.274 e. The molecule has 0 saturated carbocycles. The Labute approximate surface area is 143 Å². The van der Waals surface area contributed by atoms with Crippen LogP contribution in [0.1, 0.15) is 29.0 Å². The number of amides is 1. The highest BCUT2D eigenvalue weighted by Crippen LogP contribution is 2.20. The van der Waals surface area contributed by atoms with Gasteiger partial charge in [0.1, 0.15) is 0 Å². The fourth-order valence-electron chi connectivity index (χ4n) is 3.11. The van der Waals surface area contributed by atoms with Crippen molar-refractivity contribution in [3.05, 3.63) is 47.8 Å². The molecule has 0 spiro atoms. The lowest BCUT2D eigenvalue weighted by atomic mass is 10.2. The number of likely N-dealkylation sites (N-methyl/N-ethyl adjacent to an activating group) is 1. The van der Waals surface area contributed by atoms with Gasteiger partial charge in [-0.15, -0.1) is 12.4 Å². The first kappa shape index (κ1) is 17.5. The molecule has 0 radical (unpaired) electrons. The van der Waals surface area contributed by atoms with Crippen LogP contribution < -0.4 is 5.32 Å². The molecule has 1 aromatic carbocycles. The Bertz CT molecular complexity index is 656. The first-order valence-corrected chi connectivity index (χ1v) is 7.78. The zero-order chi connectivity index (χ0) is 15.5. The second-order valence-electron chi connectivity index (χ2n) is 5.77. The standard InChI is InChI=1S/C17H22N4O.ClH/c1-13-11-16(19-21(13)14-7-4-3-5-8-14)17(22)20-10-6-9-15(20)12-18-2;/h3-5,7-8,11,15,18H,6,9-10,12H2,1-2H3;1H. The first-order chi connectivity index (χ1) is 10.7. The number of nitrogens with zero attached hydrogens (tertiary/aromatic N) is 3. The molecule has 2 aromatic rings. The lowest BCUT2D eigenvalue weighted by Crippen LogP contribution is -2.41. The van der Waals surface area contributed by atoms with Gasteiger partial charge in [-0.05, 0) is 45.0 Å². The van der Waals surface area contributed by atoms with Gasteiger partial charge in [-0.1, -0.05) is 18.2 Å². The molecule has 6 heteroatoms. The van der Waals surface area contributed by atoms with Gasteiger partial charge in [0.25, 0.3) is 5.91 Å². The normalized spacial score (nSPS) is 17.1. The molecule has 1 unspecified atom stereocenters. The van der Waals surface area contributed by atoms with E-state index in [4.69, 9.17) is 0 Å². The number of aromatic nitrogens is 2. The highest BCUT2D eigenvalue weighted by atomic mass is 35.5. The van der Waals surface area contributed by atoms with Crippen molar-refractivity contribution in [1.29, 1.82) is 0 Å². The van der Waals surface area contributed by atoms with E-state index < -0.39 is 0 Å². The zero-order valence-electron chi connectivity index (χ0n) is 13.5. The minimum absolute atomic E-state index is 0. The van der Waals surface area contributed by atoms with Crippen LogP contribution in [0.25, 0.3) is 5.69 Å². The summed E-state index contributed by atoms with van der Waals surface area (Å²) in [6.45, 7) is 3.64. The number of hydrogen-bond donors (Lipinski definition) is 1. The topological polar surface area (TPSA) is 50.2 Å². The van der Waals surface area contributed by atoms with Gasteiger partial charge in [0, 0.05) is 24.8 Å². The van der Waals surface area contributed by atoms with E-state index in [1.807, 2.05) is 60.0 Å². The summed E-state index contributed by atoms with van der Waals surface area (Å²) in [7, 11) is 1.93. The lowest BCUT2D eigenvalue weighted by molar-refractivity contribution is 0.0730. The number of nitrogens with one attached hydrogen (secondary N) is 1. The summed E-state index contributed by atoms with van der Waals surface area (Å²) < 4.78 is 1.83. The maximum atomic E-state index is 12.8. The van der Waals surface area contributed by atoms with Crippen molar-refractivity contribution in [2.24, 2.45) is 0 Å². The number of benzene rings is 1. The van der Waals surface area contributed by atoms with Crippen molar-refractivity contribution in [2.75, 3.05) is 20.1 Å². The Balaban J connectivity index is 0.00000192. The maximum absolute atomic E-state index is 12.8. The van der Waals surface area contributed by atoms with Gasteiger partial charge in [0.15, 0.2) is 5.69 Å². The Hall–Kier alpha value is -1.85. The summed E-state index contributed by atoms with van der Waals surface area (Å²) >= 11 is 0. The number of halogens is 1. The van der Waals surface area contributed by atoms with Gasteiger partial charge in [-0.2, -0.15) is 5.10 Å². The molecule has 1 amide bonds. The molecule has 1 atom stereocenters. The fourth-order valence-corrected chi connectivity index (χ4v) is 3.11. The molecule has 1 N–H and O–H groups in total. The molecule has 0 aliphatic carbocycles. The second kappa shape index (κ2) is 7.62. The molecular weight excluding hydrogens is 312 g/mol. The molecule has 1 aliphatic rings. The Kier molecular flexibility index (Phi) is 5.80. The molecule has 0 bridgehead atoms. The lowest BCUT2D eigenvalue weighted by Gasteiger charge is -2.23. The summed E-state index contributed by atoms with van der Waals surface area (Å²) in [4.78, 5) is 14.7. The number of aryl methyl sites for hydroxylation is 1. The van der Waals surface area contributed by atoms with Crippen molar-refractivity contribution in [2.45, 2.75) is 25.8 Å². The average molecular weight is 335 g/mol. The first-order valence-electron chi connectivity index (χ1n) is 7.78. The molecule has 1 saturated heterocycles. The van der Waals surface area contributed by atoms with E-state index in [0.717, 1.165) is 37.3 Å². The smallest absolute Gasteiger partial charge is 0.274 e. The number of likely N-dealkylation sites (tertiary alicyclic amines) is 1. The Morgan fingerprint density at radius 2 is 2.09 bits per heavy atom. The van der Waals surface area contributed by atoms with Gasteiger partial charge < -0.3 is 10.2 Å². The molecule has 3 rings (SSSR count). The van der Waals surface area contributed by atoms with Gasteiger partial charge in [-0.3, -0.25) is 4.79 Å². The number of hydrogen-bond acceptors (Lipinski definition) is 3. The van der Waals surface area contributed by atoms with Crippen molar-refractivity contribution in [3.8, 4) is 5.69 Å². The zero-order valence-corrected chi connectivity index (χ0v) is 14.3. The van der Waals surface area contributed by atoms with Crippen LogP contribution in [0, 0.1) is 6.92 Å². The van der Waals surface area contributed by atoms with Crippen molar-refractivity contribution in [1.82, 2.24) is 20.0 Å². The average Bonchev–Trinajstić information content (AvgIpc) is 3.15. The summed E-state index contributed by atoms with van der Waals surface area (Å²) in [6.07, 6.45) is 2.13. The third-order valence-corrected chi connectivity index (χ3v) is 4.19. The minimum Gasteiger partial charge on any atom is -0.333 e. The largest absolute Gasteiger partial charge is 0.333 e. The molecule has 2 heterocycles. The van der Waals surface area contributed by atoms with Crippen LogP contribution >= 0.6 is 12.4 Å². The van der Waals surface area contributed by atoms with E-state index in [1.54, 1.807) is 0 Å². The van der Waals surface area contributed by atoms with Crippen LogP contribution in [-0.2, 0) is 0 Å². The van der Waals surface area contributed by atoms with Gasteiger partial charge >= 0.3 is 0 Å². The van der Waals surface area contributed by atoms with E-state index >= 15 is 0 Å². The molecule has 23 heavy (non-hydrogen) atoms. The molecular formula is C17H23ClN4O. The summed E-state index contributed by atoms with van der Waals surface area (Å²) in [6, 6.07) is 12.1. The highest BCUT2D eigenvalue weighted by molar-refractivity contribution is 5.93. The number of rotatable bonds is 4. The molecule has 1 aliphatic heterocycles. The van der Waals surface area contributed by atoms with E-state index in [9.17, 15) is 4.79 Å². The van der Waals surface area contributed by atoms with Gasteiger partial charge in [-0.25, -0.2) is 4.68 Å². The van der Waals surface area contributed by atoms with E-state index in [1.165, 1.54) is 0 Å². The van der Waals surface area contributed by atoms with Crippen LogP contribution in [0.15, 0.2) is 36.4 Å². The number of carbonyl (C=O) groups excluding carboxylic acids is 1. The van der Waals surface area contributed by atoms with Gasteiger partial charge in [0.2, 0.25) is 0 Å². The predicted molar refractivity (Wildman–Crippen MR) is 93.5 cm³/mol. The van der Waals surface area contributed by atoms with E-state index in [0.29, 0.717) is 5.69 Å². The predicted octanol–water partition coefficient (Wildman–Crippen LogP) is 2.43. The third kappa shape index (κ3) is 3.57. The van der Waals surface area contributed by atoms with Crippen LogP contribution in [0.2, 0.25) is 0 Å². The number of carbonyl (C=O) groups is 1. The molecule has 5 nitrogen and oxygen atoms in total. The summed E-state index contributed by atoms with van der Waals surface area (Å²) in [5.41, 5.74) is 2.48. The van der Waals surface area contributed by atoms with Gasteiger partial charge in [0.05, 0.1) is 5.69 Å². The number of para-hydroxylation sites is 1. The fraction of sp³-hybridized carbons (Fsp3) is 0.412. The SMILES string of the molecule is CNCC1CCCN1C(=O)c1cc(C)n(-c2ccccc2)n1.Cl. The van der Waals surface area contributed by atoms with Crippen LogP contribution in [-0.4, -0.2) is 46.8 Å². The van der Waals surface area contributed by atoms with Crippen LogP contribution in [0.3, 0.4) is 0 Å². The van der Waals surface area contributed by atoms with Crippen molar-refractivity contribution >= 4 is 18.3 Å². The minimum atomic E-state index is 0. The van der Waals surface area contributed by atoms with Crippen molar-refractivity contribution < 1.29 is 4.79 Å². The summed E-state index contributed by atoms with van der Waals surface area (Å²) in [5.74, 6) is 0.0375. The Morgan fingerprint density at radius 3 is 2.78 bits per heavy atom. The third-order valence-electron chi connectivity index (χ3n) is 4.19. The van der Waals surface area contributed by atoms with Crippen LogP contribution in [0.4, 0.5) is 0 Å². The molecule has 1 fully saturated rings. The second-order valence-corrected chi connectivity index (χ2v) is 5.77. The molecule has 124 valence electrons. The van der Waals surface area contributed by atoms with E-state index in [2.05, 4.69) is 10.4 Å². The van der Waals surface area contributed by atoms with Crippen LogP contribution in [0.5, 0.6) is 0 Å². The quantitative estimate of drug-likeness (QED) is 0.934. The monoisotopic (exact) mass is 334 g/mol. The highest BCUT2D eigenvalue weighted by Gasteiger charge is 2.30. The van der Waals surface area contributed by atoms with E-state index in [-0.39, 0.29) is 24.4 Å². The Morgan fingerprint density at radius 1 is 1.35 bits per heavy atom.